The second-order valence-electron chi connectivity index (χ2n) is 4.62. The highest BCUT2D eigenvalue weighted by atomic mass is 35.5. The minimum Gasteiger partial charge on any atom is -0.491 e. The van der Waals surface area contributed by atoms with Crippen LogP contribution in [0.25, 0.3) is 0 Å². The van der Waals surface area contributed by atoms with Crippen LogP contribution in [-0.2, 0) is 0 Å². The number of para-hydroxylation sites is 1. The monoisotopic (exact) mass is 322 g/mol. The number of carbonyl (C=O) groups excluding carboxylic acids is 1. The molecule has 0 saturated heterocycles. The number of nitrogens with one attached hydrogen (secondary N) is 2. The molecule has 0 unspecified atom stereocenters. The first kappa shape index (κ1) is 16.1. The summed E-state index contributed by atoms with van der Waals surface area (Å²) in [6.07, 6.45) is 0. The van der Waals surface area contributed by atoms with Gasteiger partial charge < -0.3 is 15.4 Å². The van der Waals surface area contributed by atoms with Crippen LogP contribution in [0.2, 0.25) is 5.02 Å². The predicted molar refractivity (Wildman–Crippen MR) is 85.1 cm³/mol. The predicted octanol–water partition coefficient (Wildman–Crippen LogP) is 3.99. The van der Waals surface area contributed by atoms with Crippen molar-refractivity contribution in [1.82, 2.24) is 5.32 Å². The molecule has 2 aromatic rings. The molecule has 0 bridgehead atoms. The van der Waals surface area contributed by atoms with Crippen molar-refractivity contribution in [1.29, 1.82) is 0 Å². The number of ether oxygens (including phenoxy) is 1. The van der Waals surface area contributed by atoms with Gasteiger partial charge in [0.15, 0.2) is 0 Å². The second-order valence-corrected chi connectivity index (χ2v) is 5.03. The van der Waals surface area contributed by atoms with Crippen LogP contribution in [-0.4, -0.2) is 19.2 Å². The van der Waals surface area contributed by atoms with Crippen molar-refractivity contribution in [2.75, 3.05) is 18.5 Å². The molecule has 116 valence electrons. The topological polar surface area (TPSA) is 50.4 Å². The van der Waals surface area contributed by atoms with Crippen LogP contribution in [0.4, 0.5) is 14.9 Å². The molecule has 0 fully saturated rings. The molecule has 4 nitrogen and oxygen atoms in total. The first-order valence-electron chi connectivity index (χ1n) is 6.74. The molecule has 0 aromatic heterocycles. The third-order valence-corrected chi connectivity index (χ3v) is 3.21. The van der Waals surface area contributed by atoms with Gasteiger partial charge in [0.2, 0.25) is 0 Å². The molecular weight excluding hydrogens is 307 g/mol. The third-order valence-electron chi connectivity index (χ3n) is 2.92. The number of aryl methyl sites for hydroxylation is 1. The molecule has 0 atom stereocenters. The molecule has 6 heteroatoms. The van der Waals surface area contributed by atoms with E-state index in [4.69, 9.17) is 16.3 Å². The fourth-order valence-corrected chi connectivity index (χ4v) is 1.97. The average Bonchev–Trinajstić information content (AvgIpc) is 2.49. The first-order valence-corrected chi connectivity index (χ1v) is 7.12. The fourth-order valence-electron chi connectivity index (χ4n) is 1.79. The summed E-state index contributed by atoms with van der Waals surface area (Å²) in [6, 6.07) is 11.2. The van der Waals surface area contributed by atoms with Gasteiger partial charge in [-0.1, -0.05) is 29.8 Å². The number of hydrogen-bond donors (Lipinski definition) is 2. The van der Waals surface area contributed by atoms with Gasteiger partial charge >= 0.3 is 6.03 Å². The molecule has 2 rings (SSSR count). The number of anilines is 1. The highest BCUT2D eigenvalue weighted by Gasteiger charge is 2.05. The molecule has 0 saturated carbocycles. The number of hydrogen-bond acceptors (Lipinski definition) is 2. The van der Waals surface area contributed by atoms with E-state index in [9.17, 15) is 9.18 Å². The van der Waals surface area contributed by atoms with Crippen molar-refractivity contribution >= 4 is 23.3 Å². The number of amides is 2. The first-order chi connectivity index (χ1) is 10.6. The van der Waals surface area contributed by atoms with Crippen molar-refractivity contribution in [2.24, 2.45) is 0 Å². The van der Waals surface area contributed by atoms with Gasteiger partial charge in [0, 0.05) is 5.69 Å². The normalized spacial score (nSPS) is 10.1. The van der Waals surface area contributed by atoms with Gasteiger partial charge in [0.25, 0.3) is 0 Å². The van der Waals surface area contributed by atoms with Crippen LogP contribution in [0.1, 0.15) is 5.56 Å². The van der Waals surface area contributed by atoms with Crippen LogP contribution < -0.4 is 15.4 Å². The van der Waals surface area contributed by atoms with Crippen LogP contribution in [0, 0.1) is 12.7 Å². The van der Waals surface area contributed by atoms with Crippen molar-refractivity contribution in [3.8, 4) is 5.75 Å². The van der Waals surface area contributed by atoms with Crippen LogP contribution in [0.15, 0.2) is 42.5 Å². The summed E-state index contributed by atoms with van der Waals surface area (Å²) in [5.41, 5.74) is 1.46. The van der Waals surface area contributed by atoms with E-state index in [1.54, 1.807) is 0 Å². The summed E-state index contributed by atoms with van der Waals surface area (Å²) in [4.78, 5) is 11.7. The summed E-state index contributed by atoms with van der Waals surface area (Å²) in [7, 11) is 0. The van der Waals surface area contributed by atoms with Gasteiger partial charge in [-0.05, 0) is 36.8 Å². The Morgan fingerprint density at radius 2 is 2.05 bits per heavy atom. The molecule has 22 heavy (non-hydrogen) atoms. The van der Waals surface area contributed by atoms with E-state index in [1.165, 1.54) is 18.2 Å². The molecular formula is C16H16ClFN2O2. The molecule has 0 aliphatic rings. The van der Waals surface area contributed by atoms with Gasteiger partial charge in [-0.15, -0.1) is 0 Å². The number of urea groups is 1. The highest BCUT2D eigenvalue weighted by molar-refractivity contribution is 6.31. The van der Waals surface area contributed by atoms with Crippen molar-refractivity contribution in [2.45, 2.75) is 6.92 Å². The SMILES string of the molecule is Cc1ccccc1OCCNC(=O)Nc1ccc(F)c(Cl)c1. The Morgan fingerprint density at radius 3 is 2.77 bits per heavy atom. The Balaban J connectivity index is 1.74. The zero-order valence-corrected chi connectivity index (χ0v) is 12.8. The number of halogens is 2. The Hall–Kier alpha value is -2.27. The Bertz CT molecular complexity index is 664. The highest BCUT2D eigenvalue weighted by Crippen LogP contribution is 2.19. The van der Waals surface area contributed by atoms with E-state index in [1.807, 2.05) is 31.2 Å². The summed E-state index contributed by atoms with van der Waals surface area (Å²) in [5.74, 6) is 0.259. The van der Waals surface area contributed by atoms with Crippen molar-refractivity contribution in [3.05, 3.63) is 58.9 Å². The number of carbonyl (C=O) groups is 1. The minimum absolute atomic E-state index is 0.0410. The Morgan fingerprint density at radius 1 is 1.27 bits per heavy atom. The third kappa shape index (κ3) is 4.63. The molecule has 2 aromatic carbocycles. The maximum absolute atomic E-state index is 13.0. The zero-order valence-electron chi connectivity index (χ0n) is 12.0. The Kier molecular flexibility index (Phi) is 5.61. The Labute approximate surface area is 133 Å². The maximum Gasteiger partial charge on any atom is 0.319 e. The molecule has 0 heterocycles. The lowest BCUT2D eigenvalue weighted by atomic mass is 10.2. The summed E-state index contributed by atoms with van der Waals surface area (Å²) < 4.78 is 18.6. The van der Waals surface area contributed by atoms with Gasteiger partial charge in [0.05, 0.1) is 11.6 Å². The second kappa shape index (κ2) is 7.66. The summed E-state index contributed by atoms with van der Waals surface area (Å²) in [6.45, 7) is 2.64. The van der Waals surface area contributed by atoms with E-state index in [0.717, 1.165) is 11.3 Å². The largest absolute Gasteiger partial charge is 0.491 e. The van der Waals surface area contributed by atoms with Gasteiger partial charge in [0.1, 0.15) is 18.2 Å². The van der Waals surface area contributed by atoms with Crippen molar-refractivity contribution in [3.63, 3.8) is 0 Å². The van der Waals surface area contributed by atoms with Crippen LogP contribution in [0.5, 0.6) is 5.75 Å². The number of benzene rings is 2. The maximum atomic E-state index is 13.0. The number of rotatable bonds is 5. The average molecular weight is 323 g/mol. The van der Waals surface area contributed by atoms with Gasteiger partial charge in [-0.2, -0.15) is 0 Å². The molecule has 2 N–H and O–H groups in total. The van der Waals surface area contributed by atoms with E-state index in [0.29, 0.717) is 18.8 Å². The quantitative estimate of drug-likeness (QED) is 0.818. The standard InChI is InChI=1S/C16H16ClFN2O2/c1-11-4-2-3-5-15(11)22-9-8-19-16(21)20-12-6-7-14(18)13(17)10-12/h2-7,10H,8-9H2,1H3,(H2,19,20,21). The van der Waals surface area contributed by atoms with Crippen molar-refractivity contribution < 1.29 is 13.9 Å². The molecule has 0 aliphatic heterocycles. The molecule has 0 radical (unpaired) electrons. The van der Waals surface area contributed by atoms with E-state index < -0.39 is 11.8 Å². The lowest BCUT2D eigenvalue weighted by Crippen LogP contribution is -2.32. The van der Waals surface area contributed by atoms with E-state index >= 15 is 0 Å². The smallest absolute Gasteiger partial charge is 0.319 e. The molecule has 0 aliphatic carbocycles. The summed E-state index contributed by atoms with van der Waals surface area (Å²) >= 11 is 5.64. The van der Waals surface area contributed by atoms with Gasteiger partial charge in [-0.25, -0.2) is 9.18 Å². The molecule has 2 amide bonds. The van der Waals surface area contributed by atoms with E-state index in [2.05, 4.69) is 10.6 Å². The minimum atomic E-state index is -0.528. The summed E-state index contributed by atoms with van der Waals surface area (Å²) in [5, 5.41) is 5.17. The lowest BCUT2D eigenvalue weighted by Gasteiger charge is -2.10. The van der Waals surface area contributed by atoms with Gasteiger partial charge in [-0.3, -0.25) is 0 Å². The zero-order chi connectivity index (χ0) is 15.9. The molecule has 0 spiro atoms. The van der Waals surface area contributed by atoms with E-state index in [-0.39, 0.29) is 5.02 Å². The fraction of sp³-hybridized carbons (Fsp3) is 0.188. The lowest BCUT2D eigenvalue weighted by molar-refractivity contribution is 0.247. The van der Waals surface area contributed by atoms with Crippen LogP contribution in [0.3, 0.4) is 0 Å². The van der Waals surface area contributed by atoms with Crippen LogP contribution >= 0.6 is 11.6 Å².